The van der Waals surface area contributed by atoms with Gasteiger partial charge in [0.25, 0.3) is 0 Å². The topological polar surface area (TPSA) is 51.7 Å². The van der Waals surface area contributed by atoms with E-state index in [0.29, 0.717) is 33.8 Å². The van der Waals surface area contributed by atoms with Crippen molar-refractivity contribution in [3.63, 3.8) is 0 Å². The molecule has 1 N–H and O–H groups in total. The van der Waals surface area contributed by atoms with Gasteiger partial charge in [0.05, 0.1) is 5.69 Å². The molecule has 0 saturated heterocycles. The van der Waals surface area contributed by atoms with Crippen LogP contribution in [0.1, 0.15) is 12.8 Å². The highest BCUT2D eigenvalue weighted by atomic mass is 32.2. The molecule has 0 amide bonds. The number of hydrogen-bond acceptors (Lipinski definition) is 2. The summed E-state index contributed by atoms with van der Waals surface area (Å²) in [6.07, 6.45) is 2.23. The molecule has 1 aliphatic rings. The zero-order valence-corrected chi connectivity index (χ0v) is 14.2. The molecule has 1 aromatic heterocycles. The quantitative estimate of drug-likeness (QED) is 0.681. The summed E-state index contributed by atoms with van der Waals surface area (Å²) in [6.45, 7) is 0. The van der Waals surface area contributed by atoms with Crippen LogP contribution in [0.25, 0.3) is 22.5 Å². The maximum absolute atomic E-state index is 13.2. The molecule has 2 aromatic carbocycles. The second-order valence-electron chi connectivity index (χ2n) is 6.23. The lowest BCUT2D eigenvalue weighted by Crippen LogP contribution is -2.10. The van der Waals surface area contributed by atoms with Crippen LogP contribution in [-0.4, -0.2) is 20.3 Å². The van der Waals surface area contributed by atoms with E-state index >= 15 is 0 Å². The van der Waals surface area contributed by atoms with E-state index < -0.39 is 11.2 Å². The summed E-state index contributed by atoms with van der Waals surface area (Å²) in [4.78, 5) is 7.65. The molecule has 1 atom stereocenters. The van der Waals surface area contributed by atoms with Crippen LogP contribution < -0.4 is 0 Å². The lowest BCUT2D eigenvalue weighted by atomic mass is 10.1. The van der Waals surface area contributed by atoms with Crippen molar-refractivity contribution in [3.05, 3.63) is 60.2 Å². The Labute approximate surface area is 147 Å². The minimum Gasteiger partial charge on any atom is -0.609 e. The Kier molecular flexibility index (Phi) is 4.31. The first-order chi connectivity index (χ1) is 12.1. The molecule has 3 aromatic rings. The highest BCUT2D eigenvalue weighted by molar-refractivity contribution is 7.91. The average molecular weight is 358 g/mol. The first-order valence-corrected chi connectivity index (χ1v) is 9.42. The van der Waals surface area contributed by atoms with Gasteiger partial charge in [0, 0.05) is 28.2 Å². The molecule has 4 rings (SSSR count). The van der Waals surface area contributed by atoms with Crippen molar-refractivity contribution in [1.29, 1.82) is 0 Å². The maximum Gasteiger partial charge on any atom is 0.321 e. The van der Waals surface area contributed by atoms with Gasteiger partial charge >= 0.3 is 5.16 Å². The van der Waals surface area contributed by atoms with Crippen LogP contribution in [0.2, 0.25) is 0 Å². The Balaban J connectivity index is 1.77. The normalized spacial score (nSPS) is 15.3. The molecule has 0 aliphatic heterocycles. The minimum absolute atomic E-state index is 0.330. The monoisotopic (exact) mass is 358 g/mol. The number of nitrogens with one attached hydrogen (secondary N) is 1. The Morgan fingerprint density at radius 2 is 1.52 bits per heavy atom. The van der Waals surface area contributed by atoms with Gasteiger partial charge in [-0.15, -0.1) is 0 Å². The van der Waals surface area contributed by atoms with Crippen molar-refractivity contribution in [2.24, 2.45) is 5.92 Å². The highest BCUT2D eigenvalue weighted by Gasteiger charge is 2.31. The predicted octanol–water partition coefficient (Wildman–Crippen LogP) is 4.54. The molecule has 1 aliphatic carbocycles. The van der Waals surface area contributed by atoms with Gasteiger partial charge in [-0.1, -0.05) is 0 Å². The van der Waals surface area contributed by atoms with Crippen molar-refractivity contribution in [2.45, 2.75) is 18.0 Å². The molecule has 1 heterocycles. The SMILES string of the molecule is [O-][S+](CC1CC1)c1nc(-c2ccc(F)cc2)c(-c2ccc(F)cc2)[nH]1. The Bertz CT molecular complexity index is 810. The van der Waals surface area contributed by atoms with Crippen molar-refractivity contribution in [2.75, 3.05) is 5.75 Å². The van der Waals surface area contributed by atoms with Gasteiger partial charge in [-0.3, -0.25) is 4.98 Å². The molecule has 6 heteroatoms. The number of aromatic nitrogens is 2. The Hall–Kier alpha value is -2.18. The van der Waals surface area contributed by atoms with Gasteiger partial charge in [0.2, 0.25) is 0 Å². The van der Waals surface area contributed by atoms with E-state index in [4.69, 9.17) is 0 Å². The second kappa shape index (κ2) is 6.61. The lowest BCUT2D eigenvalue weighted by Gasteiger charge is -2.05. The van der Waals surface area contributed by atoms with E-state index in [1.807, 2.05) is 0 Å². The van der Waals surface area contributed by atoms with Gasteiger partial charge in [0.1, 0.15) is 23.1 Å². The fourth-order valence-electron chi connectivity index (χ4n) is 2.68. The fraction of sp³-hybridized carbons (Fsp3) is 0.211. The molecular weight excluding hydrogens is 342 g/mol. The molecule has 0 radical (unpaired) electrons. The summed E-state index contributed by atoms with van der Waals surface area (Å²) in [5.41, 5.74) is 2.70. The zero-order chi connectivity index (χ0) is 17.4. The van der Waals surface area contributed by atoms with Crippen LogP contribution in [-0.2, 0) is 11.2 Å². The molecule has 1 unspecified atom stereocenters. The number of halogens is 2. The molecule has 25 heavy (non-hydrogen) atoms. The predicted molar refractivity (Wildman–Crippen MR) is 93.4 cm³/mol. The summed E-state index contributed by atoms with van der Waals surface area (Å²) < 4.78 is 39.0. The van der Waals surface area contributed by atoms with Crippen LogP contribution in [0.4, 0.5) is 8.78 Å². The van der Waals surface area contributed by atoms with E-state index in [1.54, 1.807) is 24.3 Å². The maximum atomic E-state index is 13.2. The van der Waals surface area contributed by atoms with Crippen LogP contribution in [0.15, 0.2) is 53.7 Å². The van der Waals surface area contributed by atoms with Crippen molar-refractivity contribution < 1.29 is 13.3 Å². The molecule has 3 nitrogen and oxygen atoms in total. The van der Waals surface area contributed by atoms with Crippen molar-refractivity contribution in [1.82, 2.24) is 9.97 Å². The van der Waals surface area contributed by atoms with Gasteiger partial charge in [-0.05, 0) is 61.4 Å². The lowest BCUT2D eigenvalue weighted by molar-refractivity contribution is 0.584. The van der Waals surface area contributed by atoms with E-state index in [9.17, 15) is 13.3 Å². The Morgan fingerprint density at radius 3 is 2.08 bits per heavy atom. The van der Waals surface area contributed by atoms with Crippen LogP contribution in [0.5, 0.6) is 0 Å². The van der Waals surface area contributed by atoms with E-state index in [-0.39, 0.29) is 11.6 Å². The largest absolute Gasteiger partial charge is 0.609 e. The van der Waals surface area contributed by atoms with Gasteiger partial charge in [-0.2, -0.15) is 4.98 Å². The highest BCUT2D eigenvalue weighted by Crippen LogP contribution is 2.35. The summed E-state index contributed by atoms with van der Waals surface area (Å²) in [5.74, 6) is 0.443. The third-order valence-electron chi connectivity index (χ3n) is 4.23. The number of H-pyrrole nitrogens is 1. The molecule has 0 bridgehead atoms. The number of hydrogen-bond donors (Lipinski definition) is 1. The van der Waals surface area contributed by atoms with Crippen LogP contribution in [0, 0.1) is 17.6 Å². The fourth-order valence-corrected chi connectivity index (χ4v) is 4.01. The summed E-state index contributed by atoms with van der Waals surface area (Å²) >= 11 is -1.21. The smallest absolute Gasteiger partial charge is 0.321 e. The van der Waals surface area contributed by atoms with Crippen LogP contribution >= 0.6 is 0 Å². The first kappa shape index (κ1) is 16.3. The van der Waals surface area contributed by atoms with Crippen molar-refractivity contribution in [3.8, 4) is 22.5 Å². The number of rotatable bonds is 5. The average Bonchev–Trinajstić information content (AvgIpc) is 3.31. The van der Waals surface area contributed by atoms with Gasteiger partial charge in [-0.25, -0.2) is 8.78 Å². The van der Waals surface area contributed by atoms with Gasteiger partial charge < -0.3 is 4.55 Å². The molecule has 0 spiro atoms. The minimum atomic E-state index is -1.21. The molecule has 1 fully saturated rings. The summed E-state index contributed by atoms with van der Waals surface area (Å²) in [7, 11) is 0. The van der Waals surface area contributed by atoms with Crippen molar-refractivity contribution >= 4 is 11.2 Å². The molecular formula is C19H16F2N2OS. The van der Waals surface area contributed by atoms with E-state index in [2.05, 4.69) is 9.97 Å². The number of imidazole rings is 1. The third kappa shape index (κ3) is 3.60. The summed E-state index contributed by atoms with van der Waals surface area (Å²) in [5, 5.41) is 0.408. The van der Waals surface area contributed by atoms with E-state index in [0.717, 1.165) is 18.4 Å². The third-order valence-corrected chi connectivity index (χ3v) is 5.63. The van der Waals surface area contributed by atoms with Gasteiger partial charge in [0.15, 0.2) is 0 Å². The Morgan fingerprint density at radius 1 is 0.960 bits per heavy atom. The number of aromatic amines is 1. The molecule has 128 valence electrons. The second-order valence-corrected chi connectivity index (χ2v) is 7.65. The summed E-state index contributed by atoms with van der Waals surface area (Å²) in [6, 6.07) is 12.0. The van der Waals surface area contributed by atoms with E-state index in [1.165, 1.54) is 24.3 Å². The first-order valence-electron chi connectivity index (χ1n) is 8.10. The standard InChI is InChI=1S/C19H16F2N2OS/c20-15-7-3-13(4-8-15)17-18(14-5-9-16(21)10-6-14)23-19(22-17)25(24)11-12-1-2-12/h3-10,12H,1-2,11H2,(H,22,23). The zero-order valence-electron chi connectivity index (χ0n) is 13.3. The number of benzene rings is 2. The van der Waals surface area contributed by atoms with Crippen LogP contribution in [0.3, 0.4) is 0 Å². The molecule has 1 saturated carbocycles. The number of nitrogens with zero attached hydrogens (tertiary/aromatic N) is 1.